The van der Waals surface area contributed by atoms with E-state index >= 15 is 0 Å². The van der Waals surface area contributed by atoms with Crippen molar-refractivity contribution in [1.82, 2.24) is 25.5 Å². The van der Waals surface area contributed by atoms with Crippen LogP contribution in [0.3, 0.4) is 0 Å². The molecule has 0 saturated heterocycles. The maximum absolute atomic E-state index is 11.9. The van der Waals surface area contributed by atoms with E-state index in [2.05, 4.69) is 20.7 Å². The molecular formula is C14H20N6O3. The normalized spacial score (nSPS) is 10.7. The van der Waals surface area contributed by atoms with Gasteiger partial charge < -0.3 is 20.5 Å². The van der Waals surface area contributed by atoms with Crippen molar-refractivity contribution in [3.05, 3.63) is 36.2 Å². The zero-order valence-corrected chi connectivity index (χ0v) is 12.7. The molecular weight excluding hydrogens is 300 g/mol. The third-order valence-electron chi connectivity index (χ3n) is 2.77. The zero-order chi connectivity index (χ0) is 16.3. The largest absolute Gasteiger partial charge is 0.378 e. The second kappa shape index (κ2) is 9.62. The molecule has 9 nitrogen and oxygen atoms in total. The Labute approximate surface area is 133 Å². The third kappa shape index (κ3) is 5.74. The van der Waals surface area contributed by atoms with Crippen LogP contribution in [-0.4, -0.2) is 65.6 Å². The minimum Gasteiger partial charge on any atom is -0.378 e. The summed E-state index contributed by atoms with van der Waals surface area (Å²) in [4.78, 5) is 13.2. The van der Waals surface area contributed by atoms with Crippen LogP contribution in [0.1, 0.15) is 10.6 Å². The van der Waals surface area contributed by atoms with E-state index in [0.29, 0.717) is 39.5 Å². The van der Waals surface area contributed by atoms with Gasteiger partial charge in [-0.1, -0.05) is 18.2 Å². The first kappa shape index (κ1) is 17.0. The molecule has 2 aromatic rings. The van der Waals surface area contributed by atoms with Crippen molar-refractivity contribution in [3.63, 3.8) is 0 Å². The van der Waals surface area contributed by atoms with Crippen molar-refractivity contribution < 1.29 is 14.3 Å². The fraction of sp³-hybridized carbons (Fsp3) is 0.429. The Balaban J connectivity index is 1.67. The van der Waals surface area contributed by atoms with Crippen molar-refractivity contribution in [3.8, 4) is 5.69 Å². The number of nitrogens with one attached hydrogen (secondary N) is 1. The number of para-hydroxylation sites is 1. The highest BCUT2D eigenvalue weighted by atomic mass is 16.5. The van der Waals surface area contributed by atoms with Crippen molar-refractivity contribution in [2.45, 2.75) is 0 Å². The van der Waals surface area contributed by atoms with Gasteiger partial charge in [0.2, 0.25) is 0 Å². The Morgan fingerprint density at radius 3 is 2.61 bits per heavy atom. The summed E-state index contributed by atoms with van der Waals surface area (Å²) in [6, 6.07) is 9.24. The molecule has 0 fully saturated rings. The van der Waals surface area contributed by atoms with Gasteiger partial charge in [0.1, 0.15) is 0 Å². The molecule has 0 aliphatic rings. The van der Waals surface area contributed by atoms with Gasteiger partial charge in [0.15, 0.2) is 0 Å². The summed E-state index contributed by atoms with van der Waals surface area (Å²) in [6.07, 6.45) is 0. The Bertz CT molecular complexity index is 589. The number of ether oxygens (including phenoxy) is 2. The number of tetrazole rings is 1. The third-order valence-corrected chi connectivity index (χ3v) is 2.77. The lowest BCUT2D eigenvalue weighted by Gasteiger charge is -2.05. The van der Waals surface area contributed by atoms with Gasteiger partial charge in [-0.3, -0.25) is 4.79 Å². The Morgan fingerprint density at radius 1 is 1.13 bits per heavy atom. The number of aromatic nitrogens is 4. The Kier molecular flexibility index (Phi) is 7.11. The maximum atomic E-state index is 11.9. The lowest BCUT2D eigenvalue weighted by molar-refractivity contribution is 0.0510. The minimum atomic E-state index is -0.393. The Hall–Kier alpha value is -2.36. The standard InChI is InChI=1S/C14H20N6O3/c15-6-8-22-10-11-23-9-7-16-14(21)13-17-19-20(18-13)12-4-2-1-3-5-12/h1-5H,6-11,15H2,(H,16,21). The monoisotopic (exact) mass is 320 g/mol. The van der Waals surface area contributed by atoms with Crippen LogP contribution in [0.15, 0.2) is 30.3 Å². The lowest BCUT2D eigenvalue weighted by atomic mass is 10.3. The summed E-state index contributed by atoms with van der Waals surface area (Å²) >= 11 is 0. The highest BCUT2D eigenvalue weighted by molar-refractivity contribution is 5.90. The first-order valence-corrected chi connectivity index (χ1v) is 7.30. The molecule has 3 N–H and O–H groups in total. The number of benzene rings is 1. The number of amides is 1. The summed E-state index contributed by atoms with van der Waals surface area (Å²) in [5.41, 5.74) is 6.02. The van der Waals surface area contributed by atoms with Gasteiger partial charge in [-0.25, -0.2) is 0 Å². The van der Waals surface area contributed by atoms with Crippen molar-refractivity contribution in [1.29, 1.82) is 0 Å². The van der Waals surface area contributed by atoms with Gasteiger partial charge in [0.05, 0.1) is 32.1 Å². The van der Waals surface area contributed by atoms with E-state index in [0.717, 1.165) is 5.69 Å². The number of hydrogen-bond donors (Lipinski definition) is 2. The van der Waals surface area contributed by atoms with E-state index in [-0.39, 0.29) is 5.82 Å². The molecule has 0 atom stereocenters. The number of hydrogen-bond acceptors (Lipinski definition) is 7. The van der Waals surface area contributed by atoms with Gasteiger partial charge in [0, 0.05) is 13.1 Å². The highest BCUT2D eigenvalue weighted by Crippen LogP contribution is 2.02. The molecule has 0 aliphatic heterocycles. The van der Waals surface area contributed by atoms with Crippen molar-refractivity contribution in [2.75, 3.05) is 39.5 Å². The van der Waals surface area contributed by atoms with Crippen LogP contribution >= 0.6 is 0 Å². The molecule has 2 rings (SSSR count). The van der Waals surface area contributed by atoms with Crippen LogP contribution < -0.4 is 11.1 Å². The van der Waals surface area contributed by atoms with Gasteiger partial charge >= 0.3 is 0 Å². The summed E-state index contributed by atoms with van der Waals surface area (Å²) in [7, 11) is 0. The van der Waals surface area contributed by atoms with Gasteiger partial charge in [-0.15, -0.1) is 15.0 Å². The first-order chi connectivity index (χ1) is 11.3. The van der Waals surface area contributed by atoms with Crippen molar-refractivity contribution in [2.24, 2.45) is 5.73 Å². The molecule has 1 aromatic heterocycles. The number of carbonyl (C=O) groups is 1. The molecule has 0 aliphatic carbocycles. The molecule has 23 heavy (non-hydrogen) atoms. The minimum absolute atomic E-state index is 0.0140. The van der Waals surface area contributed by atoms with Gasteiger partial charge in [-0.2, -0.15) is 0 Å². The van der Waals surface area contributed by atoms with E-state index < -0.39 is 5.91 Å². The summed E-state index contributed by atoms with van der Waals surface area (Å²) in [5.74, 6) is -0.379. The van der Waals surface area contributed by atoms with Crippen LogP contribution in [0.5, 0.6) is 0 Å². The van der Waals surface area contributed by atoms with E-state index in [4.69, 9.17) is 15.2 Å². The predicted molar refractivity (Wildman–Crippen MR) is 82.2 cm³/mol. The molecule has 1 heterocycles. The fourth-order valence-corrected chi connectivity index (χ4v) is 1.70. The molecule has 1 amide bonds. The molecule has 0 unspecified atom stereocenters. The van der Waals surface area contributed by atoms with Crippen LogP contribution in [-0.2, 0) is 9.47 Å². The first-order valence-electron chi connectivity index (χ1n) is 7.30. The molecule has 9 heteroatoms. The van der Waals surface area contributed by atoms with E-state index in [1.165, 1.54) is 4.80 Å². The van der Waals surface area contributed by atoms with Gasteiger partial charge in [0.25, 0.3) is 11.7 Å². The van der Waals surface area contributed by atoms with Crippen LogP contribution in [0, 0.1) is 0 Å². The topological polar surface area (TPSA) is 117 Å². The SMILES string of the molecule is NCCOCCOCCNC(=O)c1nnn(-c2ccccc2)n1. The van der Waals surface area contributed by atoms with E-state index in [9.17, 15) is 4.79 Å². The zero-order valence-electron chi connectivity index (χ0n) is 12.7. The Morgan fingerprint density at radius 2 is 1.87 bits per heavy atom. The second-order valence-corrected chi connectivity index (χ2v) is 4.51. The van der Waals surface area contributed by atoms with Gasteiger partial charge in [-0.05, 0) is 17.3 Å². The maximum Gasteiger partial charge on any atom is 0.292 e. The summed E-state index contributed by atoms with van der Waals surface area (Å²) < 4.78 is 10.5. The molecule has 0 saturated carbocycles. The fourth-order valence-electron chi connectivity index (χ4n) is 1.70. The second-order valence-electron chi connectivity index (χ2n) is 4.51. The predicted octanol–water partition coefficient (Wildman–Crippen LogP) is -0.616. The van der Waals surface area contributed by atoms with Crippen LogP contribution in [0.2, 0.25) is 0 Å². The van der Waals surface area contributed by atoms with Crippen LogP contribution in [0.25, 0.3) is 5.69 Å². The molecule has 1 aromatic carbocycles. The molecule has 0 spiro atoms. The van der Waals surface area contributed by atoms with Crippen LogP contribution in [0.4, 0.5) is 0 Å². The molecule has 0 radical (unpaired) electrons. The smallest absolute Gasteiger partial charge is 0.292 e. The summed E-state index contributed by atoms with van der Waals surface area (Å²) in [5, 5.41) is 14.3. The molecule has 124 valence electrons. The number of nitrogens with two attached hydrogens (primary N) is 1. The lowest BCUT2D eigenvalue weighted by Crippen LogP contribution is -2.28. The highest BCUT2D eigenvalue weighted by Gasteiger charge is 2.12. The van der Waals surface area contributed by atoms with E-state index in [1.807, 2.05) is 30.3 Å². The number of carbonyl (C=O) groups excluding carboxylic acids is 1. The average Bonchev–Trinajstić information content (AvgIpc) is 3.08. The quantitative estimate of drug-likeness (QED) is 0.560. The van der Waals surface area contributed by atoms with E-state index in [1.54, 1.807) is 0 Å². The average molecular weight is 320 g/mol. The number of nitrogens with zero attached hydrogens (tertiary/aromatic N) is 4. The summed E-state index contributed by atoms with van der Waals surface area (Å²) in [6.45, 7) is 2.69. The van der Waals surface area contributed by atoms with Crippen molar-refractivity contribution >= 4 is 5.91 Å². The number of rotatable bonds is 10. The molecule has 0 bridgehead atoms.